The molecule has 0 spiro atoms. The van der Waals surface area contributed by atoms with Gasteiger partial charge in [0.15, 0.2) is 11.5 Å². The third kappa shape index (κ3) is 5.23. The number of nitrogens with zero attached hydrogens (tertiary/aromatic N) is 4. The SMILES string of the molecule is N#Cc1cnc(Nc2cc(-c3c(OCC4CC4)cccc3O[C@H]3CC[C@H](N)CC3)[nH]n2)cn1. The summed E-state index contributed by atoms with van der Waals surface area (Å²) in [5, 5.41) is 19.5. The molecular weight excluding hydrogens is 418 g/mol. The van der Waals surface area contributed by atoms with E-state index in [-0.39, 0.29) is 17.8 Å². The van der Waals surface area contributed by atoms with E-state index in [1.54, 1.807) is 0 Å². The van der Waals surface area contributed by atoms with Crippen LogP contribution in [0.2, 0.25) is 0 Å². The normalized spacial score (nSPS) is 20.1. The Kier molecular flexibility index (Phi) is 6.09. The molecule has 0 saturated heterocycles. The lowest BCUT2D eigenvalue weighted by Gasteiger charge is -2.28. The van der Waals surface area contributed by atoms with Gasteiger partial charge < -0.3 is 20.5 Å². The average molecular weight is 446 g/mol. The molecule has 9 nitrogen and oxygen atoms in total. The van der Waals surface area contributed by atoms with Crippen LogP contribution < -0.4 is 20.5 Å². The number of benzene rings is 1. The minimum atomic E-state index is 0.136. The van der Waals surface area contributed by atoms with Crippen LogP contribution in [0.3, 0.4) is 0 Å². The van der Waals surface area contributed by atoms with Crippen molar-refractivity contribution in [1.82, 2.24) is 20.2 Å². The maximum atomic E-state index is 8.89. The molecule has 170 valence electrons. The van der Waals surface area contributed by atoms with Crippen LogP contribution in [0.4, 0.5) is 11.6 Å². The molecule has 2 saturated carbocycles. The first kappa shape index (κ1) is 21.2. The monoisotopic (exact) mass is 445 g/mol. The third-order valence-corrected chi connectivity index (χ3v) is 6.04. The van der Waals surface area contributed by atoms with Crippen LogP contribution in [-0.4, -0.2) is 38.9 Å². The highest BCUT2D eigenvalue weighted by atomic mass is 16.5. The average Bonchev–Trinajstić information content (AvgIpc) is 3.57. The van der Waals surface area contributed by atoms with E-state index in [9.17, 15) is 0 Å². The zero-order valence-electron chi connectivity index (χ0n) is 18.3. The summed E-state index contributed by atoms with van der Waals surface area (Å²) in [7, 11) is 0. The van der Waals surface area contributed by atoms with Crippen LogP contribution >= 0.6 is 0 Å². The molecule has 2 heterocycles. The molecule has 2 fully saturated rings. The highest BCUT2D eigenvalue weighted by molar-refractivity contribution is 5.76. The van der Waals surface area contributed by atoms with Gasteiger partial charge in [0, 0.05) is 12.1 Å². The molecule has 1 aromatic carbocycles. The number of aromatic nitrogens is 4. The van der Waals surface area contributed by atoms with Crippen molar-refractivity contribution in [3.63, 3.8) is 0 Å². The summed E-state index contributed by atoms with van der Waals surface area (Å²) in [6.07, 6.45) is 9.33. The van der Waals surface area contributed by atoms with Crippen LogP contribution in [0.25, 0.3) is 11.3 Å². The molecule has 5 rings (SSSR count). The number of anilines is 2. The molecule has 2 aliphatic carbocycles. The van der Waals surface area contributed by atoms with Gasteiger partial charge in [0.05, 0.1) is 36.4 Å². The number of hydrogen-bond donors (Lipinski definition) is 3. The Bertz CT molecular complexity index is 1130. The maximum absolute atomic E-state index is 8.89. The molecule has 33 heavy (non-hydrogen) atoms. The Morgan fingerprint density at radius 3 is 2.61 bits per heavy atom. The van der Waals surface area contributed by atoms with Crippen molar-refractivity contribution in [3.8, 4) is 28.8 Å². The van der Waals surface area contributed by atoms with E-state index in [0.717, 1.165) is 48.4 Å². The smallest absolute Gasteiger partial charge is 0.158 e. The maximum Gasteiger partial charge on any atom is 0.158 e. The number of nitrogens with two attached hydrogens (primary N) is 1. The van der Waals surface area contributed by atoms with Crippen molar-refractivity contribution in [1.29, 1.82) is 5.26 Å². The van der Waals surface area contributed by atoms with Gasteiger partial charge in [0.2, 0.25) is 0 Å². The summed E-state index contributed by atoms with van der Waals surface area (Å²) in [5.74, 6) is 3.27. The lowest BCUT2D eigenvalue weighted by Crippen LogP contribution is -2.31. The number of ether oxygens (including phenoxy) is 2. The molecule has 2 aromatic heterocycles. The first-order chi connectivity index (χ1) is 16.2. The minimum absolute atomic E-state index is 0.136. The van der Waals surface area contributed by atoms with Gasteiger partial charge in [0.25, 0.3) is 0 Å². The van der Waals surface area contributed by atoms with Gasteiger partial charge in [-0.15, -0.1) is 0 Å². The zero-order valence-corrected chi connectivity index (χ0v) is 18.3. The number of nitriles is 1. The Morgan fingerprint density at radius 1 is 1.06 bits per heavy atom. The molecule has 0 atom stereocenters. The second-order valence-corrected chi connectivity index (χ2v) is 8.73. The Balaban J connectivity index is 1.40. The fourth-order valence-corrected chi connectivity index (χ4v) is 3.97. The fourth-order valence-electron chi connectivity index (χ4n) is 3.97. The van der Waals surface area contributed by atoms with Crippen molar-refractivity contribution >= 4 is 11.6 Å². The van der Waals surface area contributed by atoms with Crippen LogP contribution in [0.1, 0.15) is 44.2 Å². The van der Waals surface area contributed by atoms with Crippen LogP contribution in [0.15, 0.2) is 36.7 Å². The van der Waals surface area contributed by atoms with Gasteiger partial charge in [-0.2, -0.15) is 10.4 Å². The van der Waals surface area contributed by atoms with E-state index < -0.39 is 0 Å². The quantitative estimate of drug-likeness (QED) is 0.475. The molecule has 3 aromatic rings. The summed E-state index contributed by atoms with van der Waals surface area (Å²) in [4.78, 5) is 8.22. The molecular formula is C24H27N7O2. The van der Waals surface area contributed by atoms with E-state index in [1.165, 1.54) is 25.2 Å². The van der Waals surface area contributed by atoms with Crippen LogP contribution in [-0.2, 0) is 0 Å². The zero-order chi connectivity index (χ0) is 22.6. The Labute approximate surface area is 192 Å². The molecule has 0 amide bonds. The summed E-state index contributed by atoms with van der Waals surface area (Å²) >= 11 is 0. The van der Waals surface area contributed by atoms with Crippen LogP contribution in [0.5, 0.6) is 11.5 Å². The van der Waals surface area contributed by atoms with Crippen molar-refractivity contribution in [2.45, 2.75) is 50.7 Å². The van der Waals surface area contributed by atoms with Gasteiger partial charge in [-0.25, -0.2) is 9.97 Å². The number of hydrogen-bond acceptors (Lipinski definition) is 8. The van der Waals surface area contributed by atoms with Crippen molar-refractivity contribution in [2.75, 3.05) is 11.9 Å². The second kappa shape index (κ2) is 9.46. The molecule has 4 N–H and O–H groups in total. The topological polar surface area (TPSA) is 135 Å². The van der Waals surface area contributed by atoms with E-state index in [0.29, 0.717) is 24.2 Å². The molecule has 0 bridgehead atoms. The van der Waals surface area contributed by atoms with E-state index in [4.69, 9.17) is 20.5 Å². The molecule has 0 radical (unpaired) electrons. The van der Waals surface area contributed by atoms with Gasteiger partial charge in [0.1, 0.15) is 23.4 Å². The van der Waals surface area contributed by atoms with Gasteiger partial charge >= 0.3 is 0 Å². The second-order valence-electron chi connectivity index (χ2n) is 8.73. The van der Waals surface area contributed by atoms with Gasteiger partial charge in [-0.1, -0.05) is 6.07 Å². The third-order valence-electron chi connectivity index (χ3n) is 6.04. The number of H-pyrrole nitrogens is 1. The van der Waals surface area contributed by atoms with Crippen molar-refractivity contribution < 1.29 is 9.47 Å². The lowest BCUT2D eigenvalue weighted by atomic mass is 9.93. The predicted molar refractivity (Wildman–Crippen MR) is 123 cm³/mol. The van der Waals surface area contributed by atoms with Crippen molar-refractivity contribution in [2.24, 2.45) is 11.7 Å². The number of nitrogens with one attached hydrogen (secondary N) is 2. The highest BCUT2D eigenvalue weighted by Crippen LogP contribution is 2.41. The highest BCUT2D eigenvalue weighted by Gasteiger charge is 2.25. The van der Waals surface area contributed by atoms with E-state index >= 15 is 0 Å². The first-order valence-electron chi connectivity index (χ1n) is 11.4. The first-order valence-corrected chi connectivity index (χ1v) is 11.4. The number of aromatic amines is 1. The summed E-state index contributed by atoms with van der Waals surface area (Å²) < 4.78 is 12.6. The van der Waals surface area contributed by atoms with Gasteiger partial charge in [-0.05, 0) is 56.6 Å². The predicted octanol–water partition coefficient (Wildman–Crippen LogP) is 3.92. The fraction of sp³-hybridized carbons (Fsp3) is 0.417. The Morgan fingerprint density at radius 2 is 1.88 bits per heavy atom. The largest absolute Gasteiger partial charge is 0.492 e. The molecule has 0 aliphatic heterocycles. The van der Waals surface area contributed by atoms with Crippen molar-refractivity contribution in [3.05, 3.63) is 42.4 Å². The Hall–Kier alpha value is -3.64. The standard InChI is InChI=1S/C24H27N7O2/c25-11-17-12-28-23(13-27-17)29-22-10-19(30-31-22)24-20(32-14-15-4-5-15)2-1-3-21(24)33-18-8-6-16(26)7-9-18/h1-3,10,12-13,15-16,18H,4-9,14,26H2,(H2,28,29,30,31)/t16-,18-. The number of rotatable bonds is 8. The summed E-state index contributed by atoms with van der Waals surface area (Å²) in [5.41, 5.74) is 7.98. The molecule has 9 heteroatoms. The summed E-state index contributed by atoms with van der Waals surface area (Å²) in [6, 6.07) is 10.0. The van der Waals surface area contributed by atoms with Crippen LogP contribution in [0, 0.1) is 17.2 Å². The molecule has 2 aliphatic rings. The van der Waals surface area contributed by atoms with E-state index in [2.05, 4.69) is 25.5 Å². The minimum Gasteiger partial charge on any atom is -0.492 e. The summed E-state index contributed by atoms with van der Waals surface area (Å²) in [6.45, 7) is 0.703. The van der Waals surface area contributed by atoms with E-state index in [1.807, 2.05) is 30.3 Å². The molecule has 0 unspecified atom stereocenters. The van der Waals surface area contributed by atoms with Gasteiger partial charge in [-0.3, -0.25) is 5.10 Å². The lowest BCUT2D eigenvalue weighted by molar-refractivity contribution is 0.147.